The van der Waals surface area contributed by atoms with Crippen LogP contribution in [-0.2, 0) is 0 Å². The van der Waals surface area contributed by atoms with E-state index in [4.69, 9.17) is 0 Å². The van der Waals surface area contributed by atoms with Gasteiger partial charge in [0.25, 0.3) is 0 Å². The number of aromatic nitrogens is 1. The van der Waals surface area contributed by atoms with E-state index in [1.165, 1.54) is 0 Å². The Labute approximate surface area is 89.7 Å². The summed E-state index contributed by atoms with van der Waals surface area (Å²) in [6.07, 6.45) is 3.31. The average Bonchev–Trinajstić information content (AvgIpc) is 2.23. The van der Waals surface area contributed by atoms with Gasteiger partial charge in [0.15, 0.2) is 0 Å². The lowest BCUT2D eigenvalue weighted by atomic mass is 10.1. The van der Waals surface area contributed by atoms with Gasteiger partial charge in [-0.3, -0.25) is 4.98 Å². The van der Waals surface area contributed by atoms with Gasteiger partial charge in [-0.2, -0.15) is 0 Å². The highest BCUT2D eigenvalue weighted by Crippen LogP contribution is 2.26. The van der Waals surface area contributed by atoms with Gasteiger partial charge >= 0.3 is 0 Å². The maximum absolute atomic E-state index is 13.6. The Hall–Kier alpha value is -1.22. The standard InChI is InChI=1S/C11H7BrFN/c12-10-5-1-4-9(11(10)13)8-3-2-6-14-7-8/h1-7H. The third-order valence-corrected chi connectivity index (χ3v) is 2.54. The van der Waals surface area contributed by atoms with Gasteiger partial charge in [-0.1, -0.05) is 18.2 Å². The number of benzene rings is 1. The highest BCUT2D eigenvalue weighted by molar-refractivity contribution is 9.10. The first kappa shape index (κ1) is 9.34. The van der Waals surface area contributed by atoms with Gasteiger partial charge in [0, 0.05) is 23.5 Å². The minimum absolute atomic E-state index is 0.250. The Kier molecular flexibility index (Phi) is 2.59. The zero-order valence-electron chi connectivity index (χ0n) is 7.24. The van der Waals surface area contributed by atoms with Crippen molar-refractivity contribution in [3.05, 3.63) is 53.0 Å². The highest BCUT2D eigenvalue weighted by atomic mass is 79.9. The minimum Gasteiger partial charge on any atom is -0.264 e. The van der Waals surface area contributed by atoms with Crippen LogP contribution in [0.1, 0.15) is 0 Å². The first-order chi connectivity index (χ1) is 6.79. The molecule has 0 aliphatic heterocycles. The normalized spacial score (nSPS) is 10.1. The van der Waals surface area contributed by atoms with E-state index in [9.17, 15) is 4.39 Å². The number of nitrogens with zero attached hydrogens (tertiary/aromatic N) is 1. The molecule has 0 N–H and O–H groups in total. The van der Waals surface area contributed by atoms with Crippen LogP contribution in [-0.4, -0.2) is 4.98 Å². The van der Waals surface area contributed by atoms with Gasteiger partial charge in [-0.15, -0.1) is 0 Å². The predicted molar refractivity (Wildman–Crippen MR) is 57.3 cm³/mol. The second kappa shape index (κ2) is 3.88. The van der Waals surface area contributed by atoms with Crippen LogP contribution in [0.15, 0.2) is 47.2 Å². The quantitative estimate of drug-likeness (QED) is 0.754. The van der Waals surface area contributed by atoms with E-state index in [1.807, 2.05) is 6.07 Å². The van der Waals surface area contributed by atoms with Crippen molar-refractivity contribution in [3.8, 4) is 11.1 Å². The molecule has 1 aromatic carbocycles. The molecule has 1 heterocycles. The van der Waals surface area contributed by atoms with Crippen LogP contribution in [0.4, 0.5) is 4.39 Å². The van der Waals surface area contributed by atoms with Crippen LogP contribution in [0, 0.1) is 5.82 Å². The molecular weight excluding hydrogens is 245 g/mol. The van der Waals surface area contributed by atoms with Crippen molar-refractivity contribution in [2.75, 3.05) is 0 Å². The molecule has 0 saturated heterocycles. The number of halogens is 2. The van der Waals surface area contributed by atoms with Crippen molar-refractivity contribution >= 4 is 15.9 Å². The Balaban J connectivity index is 2.58. The summed E-state index contributed by atoms with van der Waals surface area (Å²) in [5, 5.41) is 0. The van der Waals surface area contributed by atoms with Gasteiger partial charge < -0.3 is 0 Å². The second-order valence-electron chi connectivity index (χ2n) is 2.84. The number of hydrogen-bond donors (Lipinski definition) is 0. The fraction of sp³-hybridized carbons (Fsp3) is 0. The summed E-state index contributed by atoms with van der Waals surface area (Å²) >= 11 is 3.15. The van der Waals surface area contributed by atoms with Crippen molar-refractivity contribution in [2.45, 2.75) is 0 Å². The number of pyridine rings is 1. The van der Waals surface area contributed by atoms with Crippen LogP contribution in [0.25, 0.3) is 11.1 Å². The van der Waals surface area contributed by atoms with Crippen LogP contribution < -0.4 is 0 Å². The van der Waals surface area contributed by atoms with Crippen molar-refractivity contribution in [1.82, 2.24) is 4.98 Å². The van der Waals surface area contributed by atoms with E-state index in [0.717, 1.165) is 5.56 Å². The van der Waals surface area contributed by atoms with Crippen LogP contribution >= 0.6 is 15.9 Å². The van der Waals surface area contributed by atoms with Crippen molar-refractivity contribution in [1.29, 1.82) is 0 Å². The number of hydrogen-bond acceptors (Lipinski definition) is 1. The lowest BCUT2D eigenvalue weighted by Crippen LogP contribution is -1.85. The maximum atomic E-state index is 13.6. The monoisotopic (exact) mass is 251 g/mol. The Morgan fingerprint density at radius 2 is 2.00 bits per heavy atom. The van der Waals surface area contributed by atoms with Gasteiger partial charge in [0.1, 0.15) is 5.82 Å². The molecule has 1 nitrogen and oxygen atoms in total. The number of rotatable bonds is 1. The molecule has 2 aromatic rings. The molecule has 1 aromatic heterocycles. The molecule has 0 spiro atoms. The Morgan fingerprint density at radius 1 is 1.14 bits per heavy atom. The Morgan fingerprint density at radius 3 is 2.71 bits per heavy atom. The topological polar surface area (TPSA) is 12.9 Å². The summed E-state index contributed by atoms with van der Waals surface area (Å²) < 4.78 is 14.1. The molecule has 0 saturated carbocycles. The molecular formula is C11H7BrFN. The van der Waals surface area contributed by atoms with E-state index in [1.54, 1.807) is 36.7 Å². The minimum atomic E-state index is -0.250. The molecule has 0 radical (unpaired) electrons. The Bertz CT molecular complexity index is 442. The maximum Gasteiger partial charge on any atom is 0.145 e. The van der Waals surface area contributed by atoms with Crippen molar-refractivity contribution in [2.24, 2.45) is 0 Å². The van der Waals surface area contributed by atoms with E-state index < -0.39 is 0 Å². The molecule has 0 aliphatic rings. The van der Waals surface area contributed by atoms with Crippen LogP contribution in [0.5, 0.6) is 0 Å². The van der Waals surface area contributed by atoms with Gasteiger partial charge in [-0.05, 0) is 28.1 Å². The molecule has 70 valence electrons. The van der Waals surface area contributed by atoms with Crippen molar-refractivity contribution < 1.29 is 4.39 Å². The first-order valence-corrected chi connectivity index (χ1v) is 4.93. The van der Waals surface area contributed by atoms with Gasteiger partial charge in [0.2, 0.25) is 0 Å². The summed E-state index contributed by atoms with van der Waals surface area (Å²) in [4.78, 5) is 3.95. The lowest BCUT2D eigenvalue weighted by molar-refractivity contribution is 0.624. The van der Waals surface area contributed by atoms with Crippen molar-refractivity contribution in [3.63, 3.8) is 0 Å². The molecule has 0 atom stereocenters. The highest BCUT2D eigenvalue weighted by Gasteiger charge is 2.07. The predicted octanol–water partition coefficient (Wildman–Crippen LogP) is 3.65. The summed E-state index contributed by atoms with van der Waals surface area (Å²) in [7, 11) is 0. The summed E-state index contributed by atoms with van der Waals surface area (Å²) in [5.41, 5.74) is 1.35. The van der Waals surface area contributed by atoms with Gasteiger partial charge in [-0.25, -0.2) is 4.39 Å². The molecule has 14 heavy (non-hydrogen) atoms. The fourth-order valence-electron chi connectivity index (χ4n) is 1.25. The molecule has 0 bridgehead atoms. The summed E-state index contributed by atoms with van der Waals surface area (Å²) in [5.74, 6) is -0.250. The van der Waals surface area contributed by atoms with E-state index >= 15 is 0 Å². The third-order valence-electron chi connectivity index (χ3n) is 1.92. The molecule has 0 amide bonds. The average molecular weight is 252 g/mol. The molecule has 3 heteroatoms. The zero-order valence-corrected chi connectivity index (χ0v) is 8.83. The second-order valence-corrected chi connectivity index (χ2v) is 3.70. The van der Waals surface area contributed by atoms with E-state index in [0.29, 0.717) is 10.0 Å². The molecule has 0 fully saturated rings. The summed E-state index contributed by atoms with van der Waals surface area (Å²) in [6, 6.07) is 8.83. The van der Waals surface area contributed by atoms with Crippen LogP contribution in [0.3, 0.4) is 0 Å². The van der Waals surface area contributed by atoms with E-state index in [-0.39, 0.29) is 5.82 Å². The third kappa shape index (κ3) is 1.68. The summed E-state index contributed by atoms with van der Waals surface area (Å²) in [6.45, 7) is 0. The van der Waals surface area contributed by atoms with Gasteiger partial charge in [0.05, 0.1) is 4.47 Å². The molecule has 0 unspecified atom stereocenters. The smallest absolute Gasteiger partial charge is 0.145 e. The molecule has 2 rings (SSSR count). The zero-order chi connectivity index (χ0) is 9.97. The SMILES string of the molecule is Fc1c(Br)cccc1-c1cccnc1. The largest absolute Gasteiger partial charge is 0.264 e. The molecule has 0 aliphatic carbocycles. The van der Waals surface area contributed by atoms with E-state index in [2.05, 4.69) is 20.9 Å². The fourth-order valence-corrected chi connectivity index (χ4v) is 1.62. The first-order valence-electron chi connectivity index (χ1n) is 4.13. The van der Waals surface area contributed by atoms with Crippen LogP contribution in [0.2, 0.25) is 0 Å². The lowest BCUT2D eigenvalue weighted by Gasteiger charge is -2.03.